The molecule has 0 aromatic heterocycles. The molecule has 100 valence electrons. The molecule has 0 radical (unpaired) electrons. The standard InChI is InChI=1S/C12H16FNO3S/c13-10(8-18(15,16)17)7-14-12-6-5-9-3-1-2-4-11(9)12/h1-4,10,12,14H,5-8H2,(H,15,16,17). The lowest BCUT2D eigenvalue weighted by Gasteiger charge is -2.15. The summed E-state index contributed by atoms with van der Waals surface area (Å²) < 4.78 is 42.9. The molecule has 1 aromatic carbocycles. The van der Waals surface area contributed by atoms with Gasteiger partial charge in [-0.05, 0) is 24.0 Å². The second-order valence-electron chi connectivity index (χ2n) is 4.54. The first-order valence-electron chi connectivity index (χ1n) is 5.86. The lowest BCUT2D eigenvalue weighted by atomic mass is 10.1. The van der Waals surface area contributed by atoms with Gasteiger partial charge in [0.15, 0.2) is 0 Å². The highest BCUT2D eigenvalue weighted by atomic mass is 32.2. The van der Waals surface area contributed by atoms with E-state index in [1.807, 2.05) is 24.3 Å². The topological polar surface area (TPSA) is 66.4 Å². The Labute approximate surface area is 106 Å². The van der Waals surface area contributed by atoms with Crippen molar-refractivity contribution in [2.24, 2.45) is 0 Å². The first kappa shape index (κ1) is 13.5. The maximum absolute atomic E-state index is 13.3. The Bertz CT molecular complexity index is 518. The van der Waals surface area contributed by atoms with Crippen LogP contribution in [0.5, 0.6) is 0 Å². The van der Waals surface area contributed by atoms with Crippen molar-refractivity contribution in [1.29, 1.82) is 0 Å². The normalized spacial score (nSPS) is 20.7. The van der Waals surface area contributed by atoms with Gasteiger partial charge in [-0.15, -0.1) is 0 Å². The molecule has 2 unspecified atom stereocenters. The monoisotopic (exact) mass is 273 g/mol. The highest BCUT2D eigenvalue weighted by Crippen LogP contribution is 2.30. The molecule has 0 aliphatic heterocycles. The average molecular weight is 273 g/mol. The summed E-state index contributed by atoms with van der Waals surface area (Å²) in [4.78, 5) is 0. The van der Waals surface area contributed by atoms with Gasteiger partial charge in [-0.2, -0.15) is 8.42 Å². The van der Waals surface area contributed by atoms with Crippen LogP contribution < -0.4 is 5.32 Å². The van der Waals surface area contributed by atoms with Gasteiger partial charge in [0, 0.05) is 12.6 Å². The number of rotatable bonds is 5. The smallest absolute Gasteiger partial charge is 0.267 e. The van der Waals surface area contributed by atoms with Gasteiger partial charge in [0.1, 0.15) is 11.9 Å². The minimum absolute atomic E-state index is 0.0702. The molecule has 0 amide bonds. The molecule has 2 rings (SSSR count). The predicted molar refractivity (Wildman–Crippen MR) is 66.8 cm³/mol. The van der Waals surface area contributed by atoms with E-state index in [0.717, 1.165) is 18.4 Å². The molecular weight excluding hydrogens is 257 g/mol. The third-order valence-electron chi connectivity index (χ3n) is 3.11. The Morgan fingerprint density at radius 1 is 1.44 bits per heavy atom. The molecule has 1 aromatic rings. The molecular formula is C12H16FNO3S. The van der Waals surface area contributed by atoms with Crippen molar-refractivity contribution in [2.75, 3.05) is 12.3 Å². The van der Waals surface area contributed by atoms with Gasteiger partial charge in [-0.3, -0.25) is 4.55 Å². The van der Waals surface area contributed by atoms with Crippen molar-refractivity contribution in [3.8, 4) is 0 Å². The van der Waals surface area contributed by atoms with Crippen LogP contribution in [0.25, 0.3) is 0 Å². The summed E-state index contributed by atoms with van der Waals surface area (Å²) in [6.07, 6.45) is 0.244. The van der Waals surface area contributed by atoms with Crippen LogP contribution in [0.4, 0.5) is 4.39 Å². The van der Waals surface area contributed by atoms with E-state index in [4.69, 9.17) is 4.55 Å². The Hall–Kier alpha value is -0.980. The number of halogens is 1. The van der Waals surface area contributed by atoms with Crippen LogP contribution >= 0.6 is 0 Å². The molecule has 1 aliphatic rings. The van der Waals surface area contributed by atoms with Crippen LogP contribution in [-0.4, -0.2) is 31.4 Å². The Balaban J connectivity index is 1.89. The number of nitrogens with one attached hydrogen (secondary N) is 1. The molecule has 1 aliphatic carbocycles. The van der Waals surface area contributed by atoms with E-state index in [2.05, 4.69) is 5.32 Å². The largest absolute Gasteiger partial charge is 0.307 e. The zero-order valence-electron chi connectivity index (χ0n) is 9.84. The van der Waals surface area contributed by atoms with Crippen molar-refractivity contribution in [1.82, 2.24) is 5.32 Å². The summed E-state index contributed by atoms with van der Waals surface area (Å²) in [7, 11) is -4.24. The second-order valence-corrected chi connectivity index (χ2v) is 6.04. The molecule has 0 heterocycles. The van der Waals surface area contributed by atoms with Crippen molar-refractivity contribution in [3.05, 3.63) is 35.4 Å². The van der Waals surface area contributed by atoms with Crippen LogP contribution in [0, 0.1) is 0 Å². The zero-order chi connectivity index (χ0) is 13.2. The molecule has 4 nitrogen and oxygen atoms in total. The number of benzene rings is 1. The molecule has 0 saturated heterocycles. The average Bonchev–Trinajstić information content (AvgIpc) is 2.67. The summed E-state index contributed by atoms with van der Waals surface area (Å²) in [6, 6.07) is 8.01. The van der Waals surface area contributed by atoms with Gasteiger partial charge in [-0.25, -0.2) is 4.39 Å². The fourth-order valence-corrected chi connectivity index (χ4v) is 2.90. The zero-order valence-corrected chi connectivity index (χ0v) is 10.7. The highest BCUT2D eigenvalue weighted by molar-refractivity contribution is 7.85. The maximum Gasteiger partial charge on any atom is 0.267 e. The van der Waals surface area contributed by atoms with E-state index in [-0.39, 0.29) is 12.6 Å². The van der Waals surface area contributed by atoms with Crippen LogP contribution in [0.2, 0.25) is 0 Å². The quantitative estimate of drug-likeness (QED) is 0.798. The van der Waals surface area contributed by atoms with Crippen LogP contribution in [-0.2, 0) is 16.5 Å². The van der Waals surface area contributed by atoms with E-state index in [0.29, 0.717) is 0 Å². The summed E-state index contributed by atoms with van der Waals surface area (Å²) in [6.45, 7) is -0.0706. The Morgan fingerprint density at radius 3 is 2.89 bits per heavy atom. The van der Waals surface area contributed by atoms with Gasteiger partial charge in [0.2, 0.25) is 0 Å². The Morgan fingerprint density at radius 2 is 2.17 bits per heavy atom. The molecule has 6 heteroatoms. The maximum atomic E-state index is 13.3. The van der Waals surface area contributed by atoms with E-state index >= 15 is 0 Å². The van der Waals surface area contributed by atoms with Crippen LogP contribution in [0.1, 0.15) is 23.6 Å². The highest BCUT2D eigenvalue weighted by Gasteiger charge is 2.23. The third-order valence-corrected chi connectivity index (χ3v) is 3.89. The first-order valence-corrected chi connectivity index (χ1v) is 7.47. The van der Waals surface area contributed by atoms with Gasteiger partial charge < -0.3 is 5.32 Å². The van der Waals surface area contributed by atoms with Crippen LogP contribution in [0.3, 0.4) is 0 Å². The van der Waals surface area contributed by atoms with Crippen molar-refractivity contribution in [3.63, 3.8) is 0 Å². The van der Waals surface area contributed by atoms with Crippen molar-refractivity contribution in [2.45, 2.75) is 25.1 Å². The molecule has 0 saturated carbocycles. The molecule has 0 fully saturated rings. The van der Waals surface area contributed by atoms with Gasteiger partial charge in [0.05, 0.1) is 0 Å². The second kappa shape index (κ2) is 5.34. The van der Waals surface area contributed by atoms with Gasteiger partial charge in [0.25, 0.3) is 10.1 Å². The summed E-state index contributed by atoms with van der Waals surface area (Å²) >= 11 is 0. The predicted octanol–water partition coefficient (Wildman–Crippen LogP) is 1.49. The molecule has 18 heavy (non-hydrogen) atoms. The van der Waals surface area contributed by atoms with E-state index in [1.54, 1.807) is 0 Å². The van der Waals surface area contributed by atoms with E-state index < -0.39 is 22.0 Å². The lowest BCUT2D eigenvalue weighted by Crippen LogP contribution is -2.31. The van der Waals surface area contributed by atoms with Gasteiger partial charge >= 0.3 is 0 Å². The van der Waals surface area contributed by atoms with Crippen molar-refractivity contribution < 1.29 is 17.4 Å². The number of hydrogen-bond donors (Lipinski definition) is 2. The molecule has 0 spiro atoms. The number of alkyl halides is 1. The lowest BCUT2D eigenvalue weighted by molar-refractivity contribution is 0.323. The minimum atomic E-state index is -4.24. The third kappa shape index (κ3) is 3.51. The number of fused-ring (bicyclic) bond motifs is 1. The number of aryl methyl sites for hydroxylation is 1. The van der Waals surface area contributed by atoms with Crippen LogP contribution in [0.15, 0.2) is 24.3 Å². The first-order chi connectivity index (χ1) is 8.46. The van der Waals surface area contributed by atoms with Gasteiger partial charge in [-0.1, -0.05) is 24.3 Å². The SMILES string of the molecule is O=S(=O)(O)CC(F)CNC1CCc2ccccc21. The molecule has 0 bridgehead atoms. The summed E-state index contributed by atoms with van der Waals surface area (Å²) in [5, 5.41) is 3.01. The minimum Gasteiger partial charge on any atom is -0.307 e. The molecule has 2 atom stereocenters. The number of hydrogen-bond acceptors (Lipinski definition) is 3. The van der Waals surface area contributed by atoms with Crippen molar-refractivity contribution >= 4 is 10.1 Å². The fraction of sp³-hybridized carbons (Fsp3) is 0.500. The summed E-state index contributed by atoms with van der Waals surface area (Å²) in [5.74, 6) is -0.853. The molecule has 2 N–H and O–H groups in total. The van der Waals surface area contributed by atoms with E-state index in [9.17, 15) is 12.8 Å². The summed E-state index contributed by atoms with van der Waals surface area (Å²) in [5.41, 5.74) is 2.40. The Kier molecular flexibility index (Phi) is 3.99. The fourth-order valence-electron chi connectivity index (χ4n) is 2.33. The van der Waals surface area contributed by atoms with E-state index in [1.165, 1.54) is 5.56 Å².